The van der Waals surface area contributed by atoms with E-state index < -0.39 is 18.0 Å². The molecule has 0 N–H and O–H groups in total. The first-order valence-electron chi connectivity index (χ1n) is 11.8. The van der Waals surface area contributed by atoms with E-state index in [2.05, 4.69) is 0 Å². The molecule has 190 valence electrons. The van der Waals surface area contributed by atoms with Crippen molar-refractivity contribution in [1.29, 1.82) is 0 Å². The van der Waals surface area contributed by atoms with Crippen LogP contribution in [0.2, 0.25) is 0 Å². The molecule has 1 unspecified atom stereocenters. The molecule has 8 heteroatoms. The summed E-state index contributed by atoms with van der Waals surface area (Å²) >= 11 is 0. The van der Waals surface area contributed by atoms with Gasteiger partial charge >= 0.3 is 11.9 Å². The lowest BCUT2D eigenvalue weighted by molar-refractivity contribution is -0.151. The maximum absolute atomic E-state index is 13.2. The minimum Gasteiger partial charge on any atom is -0.474 e. The average molecular weight is 503 g/mol. The van der Waals surface area contributed by atoms with Crippen molar-refractivity contribution in [2.24, 2.45) is 0 Å². The highest BCUT2D eigenvalue weighted by molar-refractivity contribution is 5.89. The number of carbonyl (C=O) groups is 2. The Bertz CT molecular complexity index is 1460. The summed E-state index contributed by atoms with van der Waals surface area (Å²) in [5, 5.41) is 0.281. The molecule has 0 aliphatic heterocycles. The highest BCUT2D eigenvalue weighted by atomic mass is 16.6. The van der Waals surface area contributed by atoms with Crippen LogP contribution in [0.25, 0.3) is 11.0 Å². The molecule has 4 aromatic rings. The summed E-state index contributed by atoms with van der Waals surface area (Å²) in [6.07, 6.45) is -0.980. The van der Waals surface area contributed by atoms with Gasteiger partial charge < -0.3 is 23.4 Å². The molecule has 0 amide bonds. The zero-order valence-corrected chi connectivity index (χ0v) is 20.7. The molecular formula is C29H26O8. The second-order valence-electron chi connectivity index (χ2n) is 7.98. The van der Waals surface area contributed by atoms with Crippen molar-refractivity contribution in [2.75, 3.05) is 13.2 Å². The van der Waals surface area contributed by atoms with Crippen molar-refractivity contribution >= 4 is 22.9 Å². The van der Waals surface area contributed by atoms with Gasteiger partial charge in [0.25, 0.3) is 0 Å². The van der Waals surface area contributed by atoms with E-state index in [9.17, 15) is 14.4 Å². The van der Waals surface area contributed by atoms with Crippen LogP contribution in [-0.4, -0.2) is 25.2 Å². The van der Waals surface area contributed by atoms with Gasteiger partial charge in [0.2, 0.25) is 17.3 Å². The number of benzene rings is 3. The van der Waals surface area contributed by atoms with Gasteiger partial charge in [0, 0.05) is 11.6 Å². The van der Waals surface area contributed by atoms with Crippen LogP contribution in [0.1, 0.15) is 41.6 Å². The van der Waals surface area contributed by atoms with Gasteiger partial charge in [-0.1, -0.05) is 30.3 Å². The van der Waals surface area contributed by atoms with Crippen LogP contribution in [0.4, 0.5) is 0 Å². The van der Waals surface area contributed by atoms with Crippen molar-refractivity contribution in [1.82, 2.24) is 0 Å². The molecule has 1 atom stereocenters. The van der Waals surface area contributed by atoms with Crippen molar-refractivity contribution < 1.29 is 33.0 Å². The maximum atomic E-state index is 13.2. The lowest BCUT2D eigenvalue weighted by atomic mass is 10.1. The molecule has 0 fully saturated rings. The van der Waals surface area contributed by atoms with E-state index in [0.29, 0.717) is 22.6 Å². The highest BCUT2D eigenvalue weighted by Crippen LogP contribution is 2.30. The molecule has 37 heavy (non-hydrogen) atoms. The molecule has 0 aliphatic carbocycles. The number of esters is 2. The summed E-state index contributed by atoms with van der Waals surface area (Å²) < 4.78 is 27.8. The molecule has 0 radical (unpaired) electrons. The number of hydrogen-bond donors (Lipinski definition) is 0. The molecule has 0 spiro atoms. The molecule has 1 aromatic heterocycles. The number of carbonyl (C=O) groups excluding carboxylic acids is 2. The third-order valence-electron chi connectivity index (χ3n) is 5.43. The van der Waals surface area contributed by atoms with E-state index in [4.69, 9.17) is 23.4 Å². The highest BCUT2D eigenvalue weighted by Gasteiger charge is 2.24. The minimum atomic E-state index is -0.980. The Morgan fingerprint density at radius 3 is 2.22 bits per heavy atom. The Labute approximate surface area is 213 Å². The summed E-state index contributed by atoms with van der Waals surface area (Å²) in [6, 6.07) is 20.0. The number of fused-ring (bicyclic) bond motifs is 1. The summed E-state index contributed by atoms with van der Waals surface area (Å²) in [5.74, 6) is 0.0195. The second kappa shape index (κ2) is 11.4. The quantitative estimate of drug-likeness (QED) is 0.267. The first-order chi connectivity index (χ1) is 17.9. The lowest BCUT2D eigenvalue weighted by Crippen LogP contribution is -2.21. The molecule has 3 aromatic carbocycles. The molecule has 4 rings (SSSR count). The van der Waals surface area contributed by atoms with Gasteiger partial charge in [-0.25, -0.2) is 9.59 Å². The van der Waals surface area contributed by atoms with Crippen molar-refractivity contribution in [3.8, 4) is 17.2 Å². The molecule has 0 saturated heterocycles. The van der Waals surface area contributed by atoms with Crippen LogP contribution in [0.15, 0.2) is 82.0 Å². The normalized spacial score (nSPS) is 11.5. The van der Waals surface area contributed by atoms with Gasteiger partial charge in [-0.15, -0.1) is 0 Å². The van der Waals surface area contributed by atoms with Gasteiger partial charge in [-0.2, -0.15) is 0 Å². The van der Waals surface area contributed by atoms with Gasteiger partial charge in [-0.3, -0.25) is 4.79 Å². The SMILES string of the molecule is CCOC(=O)c1ccc(Oc2c(C)oc3cc(OC(C(=O)OCC)c4ccccc4)ccc3c2=O)cc1. The fraction of sp³-hybridized carbons (Fsp3) is 0.207. The van der Waals surface area contributed by atoms with Crippen LogP contribution in [-0.2, 0) is 14.3 Å². The molecule has 0 bridgehead atoms. The monoisotopic (exact) mass is 502 g/mol. The summed E-state index contributed by atoms with van der Waals surface area (Å²) in [7, 11) is 0. The average Bonchev–Trinajstić information content (AvgIpc) is 2.90. The largest absolute Gasteiger partial charge is 0.474 e. The van der Waals surface area contributed by atoms with Crippen molar-refractivity contribution in [2.45, 2.75) is 26.9 Å². The molecular weight excluding hydrogens is 476 g/mol. The standard InChI is InChI=1S/C29H26O8/c1-4-33-28(31)20-11-13-21(14-12-20)36-26-18(3)35-24-17-22(15-16-23(24)25(26)30)37-27(29(32)34-5-2)19-9-7-6-8-10-19/h6-17,27H,4-5H2,1-3H3. The van der Waals surface area contributed by atoms with E-state index in [1.165, 1.54) is 0 Å². The minimum absolute atomic E-state index is 0.0266. The number of hydrogen-bond acceptors (Lipinski definition) is 8. The van der Waals surface area contributed by atoms with E-state index in [1.54, 1.807) is 87.5 Å². The Morgan fingerprint density at radius 1 is 0.865 bits per heavy atom. The topological polar surface area (TPSA) is 101 Å². The Morgan fingerprint density at radius 2 is 1.54 bits per heavy atom. The first kappa shape index (κ1) is 25.5. The maximum Gasteiger partial charge on any atom is 0.352 e. The molecule has 1 heterocycles. The second-order valence-corrected chi connectivity index (χ2v) is 7.98. The van der Waals surface area contributed by atoms with Crippen molar-refractivity contribution in [3.63, 3.8) is 0 Å². The van der Waals surface area contributed by atoms with Crippen molar-refractivity contribution in [3.05, 3.63) is 99.9 Å². The predicted molar refractivity (Wildman–Crippen MR) is 136 cm³/mol. The zero-order valence-electron chi connectivity index (χ0n) is 20.7. The molecule has 8 nitrogen and oxygen atoms in total. The van der Waals surface area contributed by atoms with Crippen LogP contribution in [0.5, 0.6) is 17.2 Å². The lowest BCUT2D eigenvalue weighted by Gasteiger charge is -2.18. The first-order valence-corrected chi connectivity index (χ1v) is 11.8. The fourth-order valence-electron chi connectivity index (χ4n) is 3.69. The van der Waals surface area contributed by atoms with Crippen LogP contribution in [0, 0.1) is 6.92 Å². The Kier molecular flexibility index (Phi) is 7.88. The third-order valence-corrected chi connectivity index (χ3v) is 5.43. The fourth-order valence-corrected chi connectivity index (χ4v) is 3.69. The number of ether oxygens (including phenoxy) is 4. The Hall–Kier alpha value is -4.59. The van der Waals surface area contributed by atoms with Crippen LogP contribution >= 0.6 is 0 Å². The zero-order chi connectivity index (χ0) is 26.4. The van der Waals surface area contributed by atoms with Gasteiger partial charge in [0.05, 0.1) is 24.2 Å². The van der Waals surface area contributed by atoms with Gasteiger partial charge in [0.1, 0.15) is 22.8 Å². The number of aryl methyl sites for hydroxylation is 1. The summed E-state index contributed by atoms with van der Waals surface area (Å²) in [4.78, 5) is 37.6. The smallest absolute Gasteiger partial charge is 0.352 e. The molecule has 0 aliphatic rings. The van der Waals surface area contributed by atoms with E-state index >= 15 is 0 Å². The summed E-state index contributed by atoms with van der Waals surface area (Å²) in [6.45, 7) is 5.56. The molecule has 0 saturated carbocycles. The van der Waals surface area contributed by atoms with Crippen LogP contribution in [0.3, 0.4) is 0 Å². The third kappa shape index (κ3) is 5.81. The summed E-state index contributed by atoms with van der Waals surface area (Å²) in [5.41, 5.74) is 0.919. The number of rotatable bonds is 9. The van der Waals surface area contributed by atoms with Gasteiger partial charge in [-0.05, 0) is 57.2 Å². The predicted octanol–water partition coefficient (Wildman–Crippen LogP) is 5.75. The van der Waals surface area contributed by atoms with E-state index in [1.807, 2.05) is 6.07 Å². The van der Waals surface area contributed by atoms with Crippen LogP contribution < -0.4 is 14.9 Å². The van der Waals surface area contributed by atoms with E-state index in [-0.39, 0.29) is 41.1 Å². The van der Waals surface area contributed by atoms with E-state index in [0.717, 1.165) is 0 Å². The Balaban J connectivity index is 1.61. The van der Waals surface area contributed by atoms with Gasteiger partial charge in [0.15, 0.2) is 0 Å².